The molecule has 8 nitrogen and oxygen atoms in total. The van der Waals surface area contributed by atoms with Crippen molar-refractivity contribution < 1.29 is 13.2 Å². The Morgan fingerprint density at radius 1 is 0.867 bits per heavy atom. The van der Waals surface area contributed by atoms with Crippen molar-refractivity contribution in [2.45, 2.75) is 90.1 Å². The van der Waals surface area contributed by atoms with Gasteiger partial charge in [0, 0.05) is 68.7 Å². The van der Waals surface area contributed by atoms with E-state index in [0.717, 1.165) is 63.1 Å². The van der Waals surface area contributed by atoms with Crippen molar-refractivity contribution in [1.82, 2.24) is 19.2 Å². The zero-order chi connectivity index (χ0) is 31.6. The van der Waals surface area contributed by atoms with E-state index in [9.17, 15) is 13.2 Å². The number of para-hydroxylation sites is 1. The summed E-state index contributed by atoms with van der Waals surface area (Å²) in [4.78, 5) is 28.0. The summed E-state index contributed by atoms with van der Waals surface area (Å²) < 4.78 is 25.9. The molecule has 0 radical (unpaired) electrons. The van der Waals surface area contributed by atoms with Gasteiger partial charge in [-0.1, -0.05) is 74.2 Å². The Labute approximate surface area is 269 Å². The van der Waals surface area contributed by atoms with E-state index in [1.165, 1.54) is 46.6 Å². The van der Waals surface area contributed by atoms with E-state index in [1.807, 2.05) is 13.0 Å². The zero-order valence-electron chi connectivity index (χ0n) is 27.0. The molecule has 45 heavy (non-hydrogen) atoms. The first-order chi connectivity index (χ1) is 21.8. The second-order valence-electron chi connectivity index (χ2n) is 12.8. The summed E-state index contributed by atoms with van der Waals surface area (Å²) in [7, 11) is -3.25. The highest BCUT2D eigenvalue weighted by molar-refractivity contribution is 7.88. The number of nitrogens with zero attached hydrogens (tertiary/aromatic N) is 5. The number of aryl methyl sites for hydroxylation is 2. The van der Waals surface area contributed by atoms with Gasteiger partial charge in [-0.25, -0.2) is 22.7 Å². The van der Waals surface area contributed by atoms with Crippen LogP contribution in [0.2, 0.25) is 0 Å². The number of fused-ring (bicyclic) bond motifs is 1. The molecule has 1 atom stereocenters. The van der Waals surface area contributed by atoms with Gasteiger partial charge in [-0.3, -0.25) is 4.79 Å². The maximum atomic E-state index is 13.9. The molecule has 3 aromatic rings. The molecule has 242 valence electrons. The smallest absolute Gasteiger partial charge is 0.223 e. The standard InChI is InChI=1S/C36H49N5O3S/c1-29-25-33(38-36(37-29)32-18-14-24-41(28-32)45(2,43)44)20-21-35(42)40-23-13-6-4-3-5-12-22-39(26-30-15-8-7-9-16-30)34-19-11-10-17-31(34)27-40/h7-11,15-17,19,25,32H,3-6,12-14,18,20-24,26-28H2,1-2H3. The van der Waals surface area contributed by atoms with Crippen molar-refractivity contribution in [1.29, 1.82) is 0 Å². The molecule has 1 aromatic heterocycles. The van der Waals surface area contributed by atoms with Crippen LogP contribution < -0.4 is 4.90 Å². The van der Waals surface area contributed by atoms with E-state index in [4.69, 9.17) is 4.98 Å². The highest BCUT2D eigenvalue weighted by Crippen LogP contribution is 2.28. The Bertz CT molecular complexity index is 1510. The minimum Gasteiger partial charge on any atom is -0.367 e. The first kappa shape index (κ1) is 33.1. The Balaban J connectivity index is 1.31. The fourth-order valence-corrected chi connectivity index (χ4v) is 7.58. The maximum absolute atomic E-state index is 13.9. The lowest BCUT2D eigenvalue weighted by atomic mass is 9.98. The molecule has 2 aliphatic heterocycles. The first-order valence-corrected chi connectivity index (χ1v) is 18.6. The van der Waals surface area contributed by atoms with Gasteiger partial charge in [0.25, 0.3) is 0 Å². The number of carbonyl (C=O) groups is 1. The second-order valence-corrected chi connectivity index (χ2v) is 14.8. The molecule has 2 aromatic carbocycles. The molecule has 0 spiro atoms. The van der Waals surface area contributed by atoms with Gasteiger partial charge in [-0.2, -0.15) is 0 Å². The minimum atomic E-state index is -3.25. The lowest BCUT2D eigenvalue weighted by molar-refractivity contribution is -0.131. The number of hydrogen-bond donors (Lipinski definition) is 0. The third-order valence-corrected chi connectivity index (χ3v) is 10.4. The number of rotatable bonds is 7. The Morgan fingerprint density at radius 3 is 2.36 bits per heavy atom. The molecule has 0 N–H and O–H groups in total. The summed E-state index contributed by atoms with van der Waals surface area (Å²) in [5.41, 5.74) is 5.40. The molecule has 0 aliphatic carbocycles. The molecule has 5 rings (SSSR count). The van der Waals surface area contributed by atoms with Gasteiger partial charge in [0.1, 0.15) is 5.82 Å². The lowest BCUT2D eigenvalue weighted by Gasteiger charge is -2.30. The molecule has 2 aliphatic rings. The molecule has 0 saturated carbocycles. The zero-order valence-corrected chi connectivity index (χ0v) is 27.9. The van der Waals surface area contributed by atoms with Crippen LogP contribution in [0.3, 0.4) is 0 Å². The molecule has 9 heteroatoms. The molecule has 3 heterocycles. The van der Waals surface area contributed by atoms with Gasteiger partial charge in [-0.05, 0) is 62.3 Å². The molecule has 1 fully saturated rings. The fourth-order valence-electron chi connectivity index (χ4n) is 6.67. The molecule has 1 saturated heterocycles. The predicted octanol–water partition coefficient (Wildman–Crippen LogP) is 6.25. The quantitative estimate of drug-likeness (QED) is 0.307. The van der Waals surface area contributed by atoms with Crippen LogP contribution in [0.5, 0.6) is 0 Å². The molecular formula is C36H49N5O3S. The van der Waals surface area contributed by atoms with Crippen molar-refractivity contribution in [3.63, 3.8) is 0 Å². The van der Waals surface area contributed by atoms with Crippen molar-refractivity contribution >= 4 is 21.6 Å². The number of carbonyl (C=O) groups excluding carboxylic acids is 1. The Hall–Kier alpha value is -3.30. The lowest BCUT2D eigenvalue weighted by Crippen LogP contribution is -2.38. The average Bonchev–Trinajstić information content (AvgIpc) is 3.05. The van der Waals surface area contributed by atoms with Crippen molar-refractivity contribution in [3.8, 4) is 0 Å². The monoisotopic (exact) mass is 631 g/mol. The number of hydrogen-bond acceptors (Lipinski definition) is 6. The van der Waals surface area contributed by atoms with Crippen LogP contribution in [0.25, 0.3) is 0 Å². The van der Waals surface area contributed by atoms with Crippen LogP contribution in [0.4, 0.5) is 5.69 Å². The summed E-state index contributed by atoms with van der Waals surface area (Å²) in [6.07, 6.45) is 10.8. The number of benzene rings is 2. The number of piperidine rings is 1. The van der Waals surface area contributed by atoms with Gasteiger partial charge in [-0.15, -0.1) is 0 Å². The van der Waals surface area contributed by atoms with E-state index in [1.54, 1.807) is 0 Å². The van der Waals surface area contributed by atoms with Crippen LogP contribution >= 0.6 is 0 Å². The topological polar surface area (TPSA) is 86.7 Å². The molecule has 0 bridgehead atoms. The second kappa shape index (κ2) is 15.8. The van der Waals surface area contributed by atoms with Crippen LogP contribution in [-0.2, 0) is 34.3 Å². The highest BCUT2D eigenvalue weighted by atomic mass is 32.2. The van der Waals surface area contributed by atoms with Crippen molar-refractivity contribution in [3.05, 3.63) is 89.0 Å². The molecule has 1 amide bonds. The van der Waals surface area contributed by atoms with Gasteiger partial charge < -0.3 is 9.80 Å². The Morgan fingerprint density at radius 2 is 1.58 bits per heavy atom. The summed E-state index contributed by atoms with van der Waals surface area (Å²) in [5, 5.41) is 0. The van der Waals surface area contributed by atoms with E-state index < -0.39 is 10.0 Å². The highest BCUT2D eigenvalue weighted by Gasteiger charge is 2.29. The molecule has 1 unspecified atom stereocenters. The largest absolute Gasteiger partial charge is 0.367 e. The summed E-state index contributed by atoms with van der Waals surface area (Å²) in [6.45, 7) is 6.11. The third-order valence-electron chi connectivity index (χ3n) is 9.11. The van der Waals surface area contributed by atoms with Crippen LogP contribution in [-0.4, -0.2) is 65.9 Å². The van der Waals surface area contributed by atoms with E-state index >= 15 is 0 Å². The first-order valence-electron chi connectivity index (χ1n) is 16.7. The predicted molar refractivity (Wildman–Crippen MR) is 181 cm³/mol. The van der Waals surface area contributed by atoms with E-state index in [2.05, 4.69) is 69.4 Å². The van der Waals surface area contributed by atoms with Gasteiger partial charge >= 0.3 is 0 Å². The van der Waals surface area contributed by atoms with Gasteiger partial charge in [0.15, 0.2) is 0 Å². The average molecular weight is 632 g/mol. The number of aromatic nitrogens is 2. The fraction of sp³-hybridized carbons (Fsp3) is 0.528. The van der Waals surface area contributed by atoms with Crippen LogP contribution in [0.1, 0.15) is 92.0 Å². The normalized spacial score (nSPS) is 19.2. The number of anilines is 1. The van der Waals surface area contributed by atoms with Gasteiger partial charge in [0.2, 0.25) is 15.9 Å². The van der Waals surface area contributed by atoms with Crippen LogP contribution in [0, 0.1) is 6.92 Å². The van der Waals surface area contributed by atoms with Crippen molar-refractivity contribution in [2.75, 3.05) is 37.3 Å². The summed E-state index contributed by atoms with van der Waals surface area (Å²) >= 11 is 0. The maximum Gasteiger partial charge on any atom is 0.223 e. The van der Waals surface area contributed by atoms with Crippen LogP contribution in [0.15, 0.2) is 60.7 Å². The SMILES string of the molecule is Cc1cc(CCC(=O)N2CCCCCCCCN(Cc3ccccc3)c3ccccc3C2)nc(C2CCCN(S(C)(=O)=O)C2)n1. The minimum absolute atomic E-state index is 0.0303. The number of sulfonamides is 1. The van der Waals surface area contributed by atoms with E-state index in [-0.39, 0.29) is 11.8 Å². The number of amides is 1. The van der Waals surface area contributed by atoms with Crippen molar-refractivity contribution in [2.24, 2.45) is 0 Å². The Kier molecular flexibility index (Phi) is 11.6. The summed E-state index contributed by atoms with van der Waals surface area (Å²) in [6, 6.07) is 21.2. The third kappa shape index (κ3) is 9.60. The van der Waals surface area contributed by atoms with Gasteiger partial charge in [0.05, 0.1) is 6.26 Å². The summed E-state index contributed by atoms with van der Waals surface area (Å²) in [5.74, 6) is 0.811. The molecular weight excluding hydrogens is 582 g/mol. The van der Waals surface area contributed by atoms with E-state index in [0.29, 0.717) is 38.3 Å².